The molecule has 3 rings (SSSR count). The van der Waals surface area contributed by atoms with Gasteiger partial charge in [-0.3, -0.25) is 0 Å². The van der Waals surface area contributed by atoms with Gasteiger partial charge in [0.2, 0.25) is 0 Å². The van der Waals surface area contributed by atoms with E-state index in [1.54, 1.807) is 0 Å². The molecular weight excluding hydrogens is 461 g/mol. The lowest BCUT2D eigenvalue weighted by Crippen LogP contribution is -2.03. The van der Waals surface area contributed by atoms with E-state index in [2.05, 4.69) is 21.2 Å². The number of nitrogens with one attached hydrogen (secondary N) is 1. The van der Waals surface area contributed by atoms with Crippen LogP contribution in [0.15, 0.2) is 65.1 Å². The molecule has 1 N–H and O–H groups in total. The van der Waals surface area contributed by atoms with Crippen molar-refractivity contribution in [3.63, 3.8) is 0 Å². The quantitative estimate of drug-likeness (QED) is 0.365. The molecule has 0 radical (unpaired) electrons. The summed E-state index contributed by atoms with van der Waals surface area (Å²) in [4.78, 5) is 0. The molecule has 28 heavy (non-hydrogen) atoms. The molecule has 6 heteroatoms. The Kier molecular flexibility index (Phi) is 7.49. The number of ether oxygens (including phenoxy) is 2. The summed E-state index contributed by atoms with van der Waals surface area (Å²) in [5.41, 5.74) is 3.04. The molecule has 0 aliphatic heterocycles. The van der Waals surface area contributed by atoms with E-state index in [4.69, 9.17) is 32.7 Å². The van der Waals surface area contributed by atoms with Crippen molar-refractivity contribution in [1.82, 2.24) is 0 Å². The molecule has 0 saturated heterocycles. The number of anilines is 1. The highest BCUT2D eigenvalue weighted by atomic mass is 79.9. The summed E-state index contributed by atoms with van der Waals surface area (Å²) in [5, 5.41) is 4.73. The van der Waals surface area contributed by atoms with E-state index in [1.165, 1.54) is 0 Å². The third kappa shape index (κ3) is 5.81. The van der Waals surface area contributed by atoms with Crippen LogP contribution in [0.2, 0.25) is 10.0 Å². The second-order valence-corrected chi connectivity index (χ2v) is 7.81. The van der Waals surface area contributed by atoms with Gasteiger partial charge in [0.05, 0.1) is 11.6 Å². The summed E-state index contributed by atoms with van der Waals surface area (Å²) in [6.45, 7) is 3.59. The van der Waals surface area contributed by atoms with Crippen LogP contribution in [0.25, 0.3) is 0 Å². The lowest BCUT2D eigenvalue weighted by Gasteiger charge is -2.14. The normalized spacial score (nSPS) is 10.6. The van der Waals surface area contributed by atoms with Crippen molar-refractivity contribution in [1.29, 1.82) is 0 Å². The first kappa shape index (κ1) is 20.8. The molecule has 146 valence electrons. The molecule has 0 bridgehead atoms. The van der Waals surface area contributed by atoms with E-state index in [0.29, 0.717) is 35.6 Å². The first-order valence-corrected chi connectivity index (χ1v) is 10.4. The Labute approximate surface area is 183 Å². The molecule has 0 amide bonds. The molecule has 0 fully saturated rings. The fraction of sp³-hybridized carbons (Fsp3) is 0.182. The van der Waals surface area contributed by atoms with Gasteiger partial charge in [-0.15, -0.1) is 0 Å². The topological polar surface area (TPSA) is 30.5 Å². The second kappa shape index (κ2) is 10.1. The molecule has 0 atom stereocenters. The first-order valence-electron chi connectivity index (χ1n) is 8.87. The number of rotatable bonds is 8. The molecule has 3 aromatic carbocycles. The van der Waals surface area contributed by atoms with Gasteiger partial charge in [-0.2, -0.15) is 0 Å². The Morgan fingerprint density at radius 3 is 2.50 bits per heavy atom. The SMILES string of the molecule is CCOc1cc(CNc2ccc(Br)c(Cl)c2)ccc1OCc1cccc(Cl)c1. The average Bonchev–Trinajstić information content (AvgIpc) is 2.68. The van der Waals surface area contributed by atoms with Gasteiger partial charge in [0, 0.05) is 21.7 Å². The summed E-state index contributed by atoms with van der Waals surface area (Å²) in [5.74, 6) is 1.43. The van der Waals surface area contributed by atoms with Gasteiger partial charge in [0.15, 0.2) is 11.5 Å². The third-order valence-electron chi connectivity index (χ3n) is 4.01. The zero-order chi connectivity index (χ0) is 19.9. The Morgan fingerprint density at radius 2 is 1.75 bits per heavy atom. The number of halogens is 3. The maximum atomic E-state index is 6.15. The largest absolute Gasteiger partial charge is 0.490 e. The summed E-state index contributed by atoms with van der Waals surface area (Å²) < 4.78 is 12.6. The smallest absolute Gasteiger partial charge is 0.161 e. The van der Waals surface area contributed by atoms with Gasteiger partial charge in [-0.1, -0.05) is 41.4 Å². The van der Waals surface area contributed by atoms with Crippen molar-refractivity contribution < 1.29 is 9.47 Å². The van der Waals surface area contributed by atoms with Crippen LogP contribution < -0.4 is 14.8 Å². The van der Waals surface area contributed by atoms with Crippen molar-refractivity contribution in [2.45, 2.75) is 20.1 Å². The van der Waals surface area contributed by atoms with E-state index in [-0.39, 0.29) is 0 Å². The van der Waals surface area contributed by atoms with Crippen LogP contribution in [-0.2, 0) is 13.2 Å². The van der Waals surface area contributed by atoms with E-state index >= 15 is 0 Å². The number of hydrogen-bond donors (Lipinski definition) is 1. The molecule has 0 aliphatic rings. The molecule has 0 aliphatic carbocycles. The molecule has 0 aromatic heterocycles. The molecule has 0 spiro atoms. The maximum absolute atomic E-state index is 6.15. The van der Waals surface area contributed by atoms with Crippen LogP contribution in [-0.4, -0.2) is 6.61 Å². The van der Waals surface area contributed by atoms with E-state index in [0.717, 1.165) is 27.0 Å². The summed E-state index contributed by atoms with van der Waals surface area (Å²) >= 11 is 15.6. The Morgan fingerprint density at radius 1 is 0.893 bits per heavy atom. The van der Waals surface area contributed by atoms with Crippen LogP contribution in [0.4, 0.5) is 5.69 Å². The standard InChI is InChI=1S/C22H20BrCl2NO2/c1-2-27-22-11-15(13-26-18-7-8-19(23)20(25)12-18)6-9-21(22)28-14-16-4-3-5-17(24)10-16/h3-12,26H,2,13-14H2,1H3. The van der Waals surface area contributed by atoms with E-state index in [1.807, 2.05) is 67.6 Å². The predicted molar refractivity (Wildman–Crippen MR) is 120 cm³/mol. The molecule has 0 saturated carbocycles. The Balaban J connectivity index is 1.68. The minimum atomic E-state index is 0.426. The van der Waals surface area contributed by atoms with Gasteiger partial charge < -0.3 is 14.8 Å². The van der Waals surface area contributed by atoms with E-state index < -0.39 is 0 Å². The lowest BCUT2D eigenvalue weighted by molar-refractivity contribution is 0.269. The summed E-state index contributed by atoms with van der Waals surface area (Å²) in [6, 6.07) is 19.3. The molecule has 0 heterocycles. The molecule has 0 unspecified atom stereocenters. The Hall–Kier alpha value is -1.88. The molecule has 3 nitrogen and oxygen atoms in total. The number of benzene rings is 3. The van der Waals surface area contributed by atoms with Crippen LogP contribution in [0.5, 0.6) is 11.5 Å². The highest BCUT2D eigenvalue weighted by molar-refractivity contribution is 9.10. The van der Waals surface area contributed by atoms with Gasteiger partial charge in [0.1, 0.15) is 6.61 Å². The maximum Gasteiger partial charge on any atom is 0.161 e. The van der Waals surface area contributed by atoms with E-state index in [9.17, 15) is 0 Å². The lowest BCUT2D eigenvalue weighted by atomic mass is 10.2. The third-order valence-corrected chi connectivity index (χ3v) is 5.48. The van der Waals surface area contributed by atoms with Crippen molar-refractivity contribution >= 4 is 44.8 Å². The number of hydrogen-bond acceptors (Lipinski definition) is 3. The van der Waals surface area contributed by atoms with Crippen molar-refractivity contribution in [3.8, 4) is 11.5 Å². The van der Waals surface area contributed by atoms with Crippen LogP contribution in [0.3, 0.4) is 0 Å². The fourth-order valence-electron chi connectivity index (χ4n) is 2.65. The molecule has 3 aromatic rings. The summed E-state index contributed by atoms with van der Waals surface area (Å²) in [7, 11) is 0. The van der Waals surface area contributed by atoms with Crippen molar-refractivity contribution in [3.05, 3.63) is 86.3 Å². The Bertz CT molecular complexity index is 950. The highest BCUT2D eigenvalue weighted by Crippen LogP contribution is 2.30. The first-order chi connectivity index (χ1) is 13.5. The highest BCUT2D eigenvalue weighted by Gasteiger charge is 2.08. The predicted octanol–water partition coefficient (Wildman–Crippen LogP) is 7.35. The van der Waals surface area contributed by atoms with Crippen LogP contribution in [0.1, 0.15) is 18.1 Å². The molecular formula is C22H20BrCl2NO2. The van der Waals surface area contributed by atoms with Gasteiger partial charge >= 0.3 is 0 Å². The van der Waals surface area contributed by atoms with Crippen molar-refractivity contribution in [2.24, 2.45) is 0 Å². The zero-order valence-electron chi connectivity index (χ0n) is 15.3. The van der Waals surface area contributed by atoms with Gasteiger partial charge in [0.25, 0.3) is 0 Å². The zero-order valence-corrected chi connectivity index (χ0v) is 18.4. The minimum Gasteiger partial charge on any atom is -0.490 e. The van der Waals surface area contributed by atoms with Crippen molar-refractivity contribution in [2.75, 3.05) is 11.9 Å². The van der Waals surface area contributed by atoms with Crippen LogP contribution >= 0.6 is 39.1 Å². The fourth-order valence-corrected chi connectivity index (χ4v) is 3.29. The minimum absolute atomic E-state index is 0.426. The van der Waals surface area contributed by atoms with Gasteiger partial charge in [-0.25, -0.2) is 0 Å². The van der Waals surface area contributed by atoms with Gasteiger partial charge in [-0.05, 0) is 76.4 Å². The average molecular weight is 481 g/mol. The monoisotopic (exact) mass is 479 g/mol. The van der Waals surface area contributed by atoms with Crippen LogP contribution in [0, 0.1) is 0 Å². The second-order valence-electron chi connectivity index (χ2n) is 6.12. The summed E-state index contributed by atoms with van der Waals surface area (Å²) in [6.07, 6.45) is 0.